The van der Waals surface area contributed by atoms with Gasteiger partial charge in [0, 0.05) is 37.2 Å². The number of piperazine rings is 1. The molecule has 5 rings (SSSR count). The number of carbonyl (C=O) groups excluding carboxylic acids is 2. The van der Waals surface area contributed by atoms with Crippen molar-refractivity contribution in [1.29, 1.82) is 0 Å². The molecule has 30 heavy (non-hydrogen) atoms. The maximum Gasteiger partial charge on any atom is 0.253 e. The Morgan fingerprint density at radius 2 is 1.57 bits per heavy atom. The van der Waals surface area contributed by atoms with Crippen LogP contribution in [0.1, 0.15) is 43.0 Å². The highest BCUT2D eigenvalue weighted by molar-refractivity contribution is 5.95. The van der Waals surface area contributed by atoms with Crippen molar-refractivity contribution in [2.24, 2.45) is 5.41 Å². The standard InChI is InChI=1S/C25H28N2O3/c1-25(11-12-25)24(29)27-15-13-26(14-16-27)23(28)19-7-5-18(6-8-19)20-3-2-4-22(17-20)30-21-9-10-21/h2-8,17,21H,9-16H2,1H3. The van der Waals surface area contributed by atoms with Crippen LogP contribution in [0.15, 0.2) is 48.5 Å². The normalized spacial score (nSPS) is 20.0. The predicted molar refractivity (Wildman–Crippen MR) is 115 cm³/mol. The van der Waals surface area contributed by atoms with E-state index in [0.717, 1.165) is 42.6 Å². The second-order valence-electron chi connectivity index (χ2n) is 9.07. The molecule has 2 amide bonds. The summed E-state index contributed by atoms with van der Waals surface area (Å²) >= 11 is 0. The van der Waals surface area contributed by atoms with Gasteiger partial charge >= 0.3 is 0 Å². The largest absolute Gasteiger partial charge is 0.490 e. The third kappa shape index (κ3) is 3.93. The monoisotopic (exact) mass is 404 g/mol. The van der Waals surface area contributed by atoms with Gasteiger partial charge in [-0.05, 0) is 61.1 Å². The van der Waals surface area contributed by atoms with Crippen LogP contribution in [0.3, 0.4) is 0 Å². The van der Waals surface area contributed by atoms with E-state index in [1.807, 2.05) is 53.1 Å². The summed E-state index contributed by atoms with van der Waals surface area (Å²) < 4.78 is 5.89. The van der Waals surface area contributed by atoms with Crippen LogP contribution in [0, 0.1) is 5.41 Å². The third-order valence-electron chi connectivity index (χ3n) is 6.50. The lowest BCUT2D eigenvalue weighted by Crippen LogP contribution is -2.52. The first-order chi connectivity index (χ1) is 14.5. The van der Waals surface area contributed by atoms with Gasteiger partial charge in [-0.15, -0.1) is 0 Å². The van der Waals surface area contributed by atoms with Gasteiger partial charge in [-0.3, -0.25) is 9.59 Å². The van der Waals surface area contributed by atoms with Gasteiger partial charge < -0.3 is 14.5 Å². The molecule has 156 valence electrons. The Bertz CT molecular complexity index is 953. The Labute approximate surface area is 177 Å². The smallest absolute Gasteiger partial charge is 0.253 e. The van der Waals surface area contributed by atoms with E-state index >= 15 is 0 Å². The van der Waals surface area contributed by atoms with Crippen molar-refractivity contribution < 1.29 is 14.3 Å². The van der Waals surface area contributed by atoms with Crippen molar-refractivity contribution in [1.82, 2.24) is 9.80 Å². The molecule has 2 saturated carbocycles. The van der Waals surface area contributed by atoms with Gasteiger partial charge in [-0.1, -0.05) is 31.2 Å². The molecule has 0 radical (unpaired) electrons. The molecule has 0 atom stereocenters. The minimum atomic E-state index is -0.136. The Morgan fingerprint density at radius 1 is 0.900 bits per heavy atom. The molecule has 3 fully saturated rings. The van der Waals surface area contributed by atoms with Crippen LogP contribution in [0.25, 0.3) is 11.1 Å². The maximum atomic E-state index is 12.9. The van der Waals surface area contributed by atoms with Gasteiger partial charge in [-0.25, -0.2) is 0 Å². The molecule has 2 aromatic rings. The average Bonchev–Trinajstić information content (AvgIpc) is 3.72. The fourth-order valence-corrected chi connectivity index (χ4v) is 4.01. The number of ether oxygens (including phenoxy) is 1. The van der Waals surface area contributed by atoms with Crippen LogP contribution in [-0.4, -0.2) is 53.9 Å². The first-order valence-electron chi connectivity index (χ1n) is 11.0. The summed E-state index contributed by atoms with van der Waals surface area (Å²) in [5.74, 6) is 1.20. The molecule has 1 saturated heterocycles. The first-order valence-corrected chi connectivity index (χ1v) is 11.0. The summed E-state index contributed by atoms with van der Waals surface area (Å²) in [5, 5.41) is 0. The third-order valence-corrected chi connectivity index (χ3v) is 6.50. The van der Waals surface area contributed by atoms with Crippen molar-refractivity contribution in [3.8, 4) is 16.9 Å². The maximum absolute atomic E-state index is 12.9. The van der Waals surface area contributed by atoms with Gasteiger partial charge in [0.2, 0.25) is 5.91 Å². The number of amides is 2. The molecule has 0 spiro atoms. The van der Waals surface area contributed by atoms with E-state index in [1.165, 1.54) is 0 Å². The molecule has 5 nitrogen and oxygen atoms in total. The lowest BCUT2D eigenvalue weighted by atomic mass is 10.0. The molecule has 3 aliphatic rings. The van der Waals surface area contributed by atoms with Crippen molar-refractivity contribution >= 4 is 11.8 Å². The Morgan fingerprint density at radius 3 is 2.20 bits per heavy atom. The Hall–Kier alpha value is -2.82. The van der Waals surface area contributed by atoms with E-state index in [-0.39, 0.29) is 17.2 Å². The topological polar surface area (TPSA) is 49.9 Å². The summed E-state index contributed by atoms with van der Waals surface area (Å²) in [5.41, 5.74) is 2.72. The van der Waals surface area contributed by atoms with Gasteiger partial charge in [0.05, 0.1) is 6.10 Å². The second-order valence-corrected chi connectivity index (χ2v) is 9.07. The zero-order valence-electron chi connectivity index (χ0n) is 17.5. The van der Waals surface area contributed by atoms with E-state index in [1.54, 1.807) is 0 Å². The molecule has 1 heterocycles. The van der Waals surface area contributed by atoms with E-state index in [9.17, 15) is 9.59 Å². The van der Waals surface area contributed by atoms with Gasteiger partial charge in [-0.2, -0.15) is 0 Å². The molecule has 2 aromatic carbocycles. The van der Waals surface area contributed by atoms with Crippen molar-refractivity contribution in [3.05, 3.63) is 54.1 Å². The number of hydrogen-bond donors (Lipinski definition) is 0. The number of rotatable bonds is 5. The minimum absolute atomic E-state index is 0.0390. The molecule has 0 unspecified atom stereocenters. The molecular weight excluding hydrogens is 376 g/mol. The van der Waals surface area contributed by atoms with Crippen LogP contribution in [0.2, 0.25) is 0 Å². The van der Waals surface area contributed by atoms with Crippen LogP contribution in [0.4, 0.5) is 0 Å². The Balaban J connectivity index is 1.21. The summed E-state index contributed by atoms with van der Waals surface area (Å²) in [4.78, 5) is 29.2. The number of benzene rings is 2. The fourth-order valence-electron chi connectivity index (χ4n) is 4.01. The summed E-state index contributed by atoms with van der Waals surface area (Å²) in [6, 6.07) is 15.9. The van der Waals surface area contributed by atoms with Crippen LogP contribution in [0.5, 0.6) is 5.75 Å². The van der Waals surface area contributed by atoms with Crippen LogP contribution >= 0.6 is 0 Å². The van der Waals surface area contributed by atoms with Crippen molar-refractivity contribution in [2.75, 3.05) is 26.2 Å². The minimum Gasteiger partial charge on any atom is -0.490 e. The molecule has 1 aliphatic heterocycles. The van der Waals surface area contributed by atoms with Crippen molar-refractivity contribution in [3.63, 3.8) is 0 Å². The number of carbonyl (C=O) groups is 2. The van der Waals surface area contributed by atoms with Crippen LogP contribution in [-0.2, 0) is 4.79 Å². The van der Waals surface area contributed by atoms with E-state index < -0.39 is 0 Å². The molecule has 5 heteroatoms. The zero-order chi connectivity index (χ0) is 20.7. The highest BCUT2D eigenvalue weighted by Gasteiger charge is 2.47. The Kier molecular flexibility index (Phi) is 4.76. The lowest BCUT2D eigenvalue weighted by molar-refractivity contribution is -0.137. The molecular formula is C25H28N2O3. The van der Waals surface area contributed by atoms with Gasteiger partial charge in [0.1, 0.15) is 5.75 Å². The van der Waals surface area contributed by atoms with Crippen LogP contribution < -0.4 is 4.74 Å². The number of nitrogens with zero attached hydrogens (tertiary/aromatic N) is 2. The quantitative estimate of drug-likeness (QED) is 0.757. The van der Waals surface area contributed by atoms with E-state index in [4.69, 9.17) is 4.74 Å². The molecule has 0 aromatic heterocycles. The summed E-state index contributed by atoms with van der Waals surface area (Å²) in [6.45, 7) is 4.51. The second kappa shape index (κ2) is 7.46. The zero-order valence-corrected chi connectivity index (χ0v) is 17.5. The molecule has 0 N–H and O–H groups in total. The van der Waals surface area contributed by atoms with Gasteiger partial charge in [0.15, 0.2) is 0 Å². The fraction of sp³-hybridized carbons (Fsp3) is 0.440. The highest BCUT2D eigenvalue weighted by Crippen LogP contribution is 2.46. The molecule has 0 bridgehead atoms. The lowest BCUT2D eigenvalue weighted by Gasteiger charge is -2.36. The number of hydrogen-bond acceptors (Lipinski definition) is 3. The highest BCUT2D eigenvalue weighted by atomic mass is 16.5. The average molecular weight is 405 g/mol. The summed E-state index contributed by atoms with van der Waals surface area (Å²) in [7, 11) is 0. The van der Waals surface area contributed by atoms with E-state index in [0.29, 0.717) is 37.8 Å². The van der Waals surface area contributed by atoms with Crippen molar-refractivity contribution in [2.45, 2.75) is 38.7 Å². The SMILES string of the molecule is CC1(C(=O)N2CCN(C(=O)c3ccc(-c4cccc(OC5CC5)c4)cc3)CC2)CC1. The van der Waals surface area contributed by atoms with E-state index in [2.05, 4.69) is 12.1 Å². The molecule has 2 aliphatic carbocycles. The first kappa shape index (κ1) is 19.2. The predicted octanol–water partition coefficient (Wildman–Crippen LogP) is 3.98. The summed E-state index contributed by atoms with van der Waals surface area (Å²) in [6.07, 6.45) is 4.65. The van der Waals surface area contributed by atoms with Gasteiger partial charge in [0.25, 0.3) is 5.91 Å².